The Balaban J connectivity index is 1.84. The molecule has 3 aromatic rings. The van der Waals surface area contributed by atoms with Crippen LogP contribution in [0.2, 0.25) is 5.02 Å². The fourth-order valence-corrected chi connectivity index (χ4v) is 3.43. The van der Waals surface area contributed by atoms with Crippen molar-refractivity contribution in [3.63, 3.8) is 0 Å². The summed E-state index contributed by atoms with van der Waals surface area (Å²) in [6.45, 7) is 1.95. The molecule has 0 atom stereocenters. The van der Waals surface area contributed by atoms with E-state index in [1.165, 1.54) is 0 Å². The number of aromatic nitrogens is 2. The van der Waals surface area contributed by atoms with Crippen LogP contribution in [-0.4, -0.2) is 15.6 Å². The van der Waals surface area contributed by atoms with Crippen LogP contribution >= 0.6 is 11.6 Å². The number of fused-ring (bicyclic) bond motifs is 1. The van der Waals surface area contributed by atoms with Gasteiger partial charge in [0.2, 0.25) is 0 Å². The first kappa shape index (κ1) is 15.9. The lowest BCUT2D eigenvalue weighted by Gasteiger charge is -2.14. The third kappa shape index (κ3) is 2.83. The Bertz CT molecular complexity index is 947. The molecule has 1 aromatic heterocycles. The van der Waals surface area contributed by atoms with Crippen LogP contribution in [0, 0.1) is 6.92 Å². The van der Waals surface area contributed by atoms with Gasteiger partial charge in [0.1, 0.15) is 0 Å². The molecule has 0 fully saturated rings. The van der Waals surface area contributed by atoms with Crippen molar-refractivity contribution in [2.45, 2.75) is 26.2 Å². The zero-order chi connectivity index (χ0) is 17.4. The second-order valence-corrected chi connectivity index (χ2v) is 6.64. The van der Waals surface area contributed by atoms with Gasteiger partial charge in [0.15, 0.2) is 11.6 Å². The van der Waals surface area contributed by atoms with E-state index in [-0.39, 0.29) is 5.78 Å². The van der Waals surface area contributed by atoms with Crippen LogP contribution in [0.15, 0.2) is 48.5 Å². The summed E-state index contributed by atoms with van der Waals surface area (Å²) < 4.78 is 1.88. The summed E-state index contributed by atoms with van der Waals surface area (Å²) in [6.07, 6.45) is 2.27. The standard InChI is InChI=1S/C20H18ClN3O/c1-13-15(21)9-5-10-16(13)22-20-19-17(11-6-12-18(19)25)24(23-20)14-7-3-2-4-8-14/h2-5,7-10H,6,11-12H2,1H3,(H,22,23). The molecule has 1 heterocycles. The number of halogens is 1. The number of ketones is 1. The van der Waals surface area contributed by atoms with Crippen LogP contribution in [0.5, 0.6) is 0 Å². The molecular weight excluding hydrogens is 334 g/mol. The molecule has 126 valence electrons. The molecule has 1 N–H and O–H groups in total. The first-order valence-electron chi connectivity index (χ1n) is 8.38. The number of nitrogens with one attached hydrogen (secondary N) is 1. The van der Waals surface area contributed by atoms with Gasteiger partial charge in [0.05, 0.1) is 16.9 Å². The van der Waals surface area contributed by atoms with Gasteiger partial charge in [-0.3, -0.25) is 4.79 Å². The van der Waals surface area contributed by atoms with E-state index in [1.54, 1.807) is 0 Å². The second kappa shape index (κ2) is 6.37. The molecule has 0 radical (unpaired) electrons. The summed E-state index contributed by atoms with van der Waals surface area (Å²) in [5.74, 6) is 0.750. The summed E-state index contributed by atoms with van der Waals surface area (Å²) in [6, 6.07) is 15.6. The molecule has 5 heteroatoms. The maximum atomic E-state index is 12.6. The molecule has 1 aliphatic carbocycles. The van der Waals surface area contributed by atoms with Crippen LogP contribution in [-0.2, 0) is 6.42 Å². The Labute approximate surface area is 151 Å². The quantitative estimate of drug-likeness (QED) is 0.714. The minimum atomic E-state index is 0.144. The van der Waals surface area contributed by atoms with Crippen molar-refractivity contribution in [2.75, 3.05) is 5.32 Å². The number of anilines is 2. The van der Waals surface area contributed by atoms with E-state index in [1.807, 2.05) is 60.1 Å². The molecule has 0 amide bonds. The molecule has 1 aliphatic rings. The van der Waals surface area contributed by atoms with Crippen molar-refractivity contribution in [1.82, 2.24) is 9.78 Å². The van der Waals surface area contributed by atoms with Crippen LogP contribution < -0.4 is 5.32 Å². The minimum absolute atomic E-state index is 0.144. The lowest BCUT2D eigenvalue weighted by Crippen LogP contribution is -2.13. The average Bonchev–Trinajstić information content (AvgIpc) is 3.00. The molecular formula is C20H18ClN3O. The third-order valence-corrected chi connectivity index (χ3v) is 5.01. The number of benzene rings is 2. The van der Waals surface area contributed by atoms with Gasteiger partial charge in [-0.05, 0) is 49.6 Å². The first-order valence-corrected chi connectivity index (χ1v) is 8.75. The maximum absolute atomic E-state index is 12.6. The Kier molecular flexibility index (Phi) is 4.06. The minimum Gasteiger partial charge on any atom is -0.338 e. The third-order valence-electron chi connectivity index (χ3n) is 4.60. The van der Waals surface area contributed by atoms with E-state index in [2.05, 4.69) is 5.32 Å². The fourth-order valence-electron chi connectivity index (χ4n) is 3.26. The Morgan fingerprint density at radius 2 is 1.88 bits per heavy atom. The van der Waals surface area contributed by atoms with Crippen LogP contribution in [0.3, 0.4) is 0 Å². The molecule has 4 rings (SSSR count). The number of rotatable bonds is 3. The van der Waals surface area contributed by atoms with Gasteiger partial charge in [-0.15, -0.1) is 5.10 Å². The highest BCUT2D eigenvalue weighted by molar-refractivity contribution is 6.31. The van der Waals surface area contributed by atoms with E-state index < -0.39 is 0 Å². The Morgan fingerprint density at radius 3 is 2.68 bits per heavy atom. The van der Waals surface area contributed by atoms with Crippen LogP contribution in [0.4, 0.5) is 11.5 Å². The topological polar surface area (TPSA) is 46.9 Å². The van der Waals surface area contributed by atoms with Gasteiger partial charge in [-0.25, -0.2) is 4.68 Å². The number of nitrogens with zero attached hydrogens (tertiary/aromatic N) is 2. The first-order chi connectivity index (χ1) is 12.1. The van der Waals surface area contributed by atoms with Crippen molar-refractivity contribution in [2.24, 2.45) is 0 Å². The summed E-state index contributed by atoms with van der Waals surface area (Å²) in [7, 11) is 0. The van der Waals surface area contributed by atoms with E-state index in [4.69, 9.17) is 16.7 Å². The molecule has 2 aromatic carbocycles. The lowest BCUT2D eigenvalue weighted by atomic mass is 9.95. The summed E-state index contributed by atoms with van der Waals surface area (Å²) in [5.41, 5.74) is 4.45. The predicted molar refractivity (Wildman–Crippen MR) is 100 cm³/mol. The number of hydrogen-bond donors (Lipinski definition) is 1. The van der Waals surface area contributed by atoms with Gasteiger partial charge < -0.3 is 5.32 Å². The Hall–Kier alpha value is -2.59. The molecule has 0 unspecified atom stereocenters. The molecule has 0 spiro atoms. The zero-order valence-corrected chi connectivity index (χ0v) is 14.7. The highest BCUT2D eigenvalue weighted by Gasteiger charge is 2.28. The van der Waals surface area contributed by atoms with Gasteiger partial charge in [-0.2, -0.15) is 0 Å². The lowest BCUT2D eigenvalue weighted by molar-refractivity contribution is 0.0973. The highest BCUT2D eigenvalue weighted by Crippen LogP contribution is 2.33. The predicted octanol–water partition coefficient (Wildman–Crippen LogP) is 5.10. The van der Waals surface area contributed by atoms with Gasteiger partial charge in [-0.1, -0.05) is 35.9 Å². The molecule has 25 heavy (non-hydrogen) atoms. The zero-order valence-electron chi connectivity index (χ0n) is 13.9. The van der Waals surface area contributed by atoms with E-state index in [9.17, 15) is 4.79 Å². The van der Waals surface area contributed by atoms with Crippen LogP contribution in [0.1, 0.15) is 34.5 Å². The van der Waals surface area contributed by atoms with E-state index in [0.717, 1.165) is 35.5 Å². The van der Waals surface area contributed by atoms with Crippen molar-refractivity contribution < 1.29 is 4.79 Å². The number of carbonyl (C=O) groups excluding carboxylic acids is 1. The average molecular weight is 352 g/mol. The van der Waals surface area contributed by atoms with Crippen molar-refractivity contribution >= 4 is 28.9 Å². The summed E-state index contributed by atoms with van der Waals surface area (Å²) in [5, 5.41) is 8.73. The summed E-state index contributed by atoms with van der Waals surface area (Å²) in [4.78, 5) is 12.6. The van der Waals surface area contributed by atoms with Crippen molar-refractivity contribution in [1.29, 1.82) is 0 Å². The highest BCUT2D eigenvalue weighted by atomic mass is 35.5. The monoisotopic (exact) mass is 351 g/mol. The van der Waals surface area contributed by atoms with Crippen LogP contribution in [0.25, 0.3) is 5.69 Å². The number of Topliss-reactive ketones (excluding diaryl/α,β-unsaturated/α-hetero) is 1. The van der Waals surface area contributed by atoms with E-state index in [0.29, 0.717) is 22.8 Å². The Morgan fingerprint density at radius 1 is 1.08 bits per heavy atom. The number of carbonyl (C=O) groups is 1. The molecule has 0 saturated heterocycles. The number of hydrogen-bond acceptors (Lipinski definition) is 3. The molecule has 0 aliphatic heterocycles. The molecule has 0 saturated carbocycles. The number of para-hydroxylation sites is 1. The largest absolute Gasteiger partial charge is 0.338 e. The van der Waals surface area contributed by atoms with Gasteiger partial charge >= 0.3 is 0 Å². The maximum Gasteiger partial charge on any atom is 0.168 e. The smallest absolute Gasteiger partial charge is 0.168 e. The molecule has 4 nitrogen and oxygen atoms in total. The molecule has 0 bridgehead atoms. The van der Waals surface area contributed by atoms with Crippen molar-refractivity contribution in [3.05, 3.63) is 70.4 Å². The second-order valence-electron chi connectivity index (χ2n) is 6.23. The van der Waals surface area contributed by atoms with Gasteiger partial charge in [0, 0.05) is 17.1 Å². The normalized spacial score (nSPS) is 13.6. The van der Waals surface area contributed by atoms with Gasteiger partial charge in [0.25, 0.3) is 0 Å². The van der Waals surface area contributed by atoms with Crippen molar-refractivity contribution in [3.8, 4) is 5.69 Å². The van der Waals surface area contributed by atoms with E-state index >= 15 is 0 Å². The summed E-state index contributed by atoms with van der Waals surface area (Å²) >= 11 is 6.22. The SMILES string of the molecule is Cc1c(Cl)cccc1Nc1nn(-c2ccccc2)c2c1C(=O)CCC2. The fraction of sp³-hybridized carbons (Fsp3) is 0.200.